The second kappa shape index (κ2) is 14.3. The van der Waals surface area contributed by atoms with E-state index in [1.165, 1.54) is 69.8 Å². The van der Waals surface area contributed by atoms with E-state index in [1.807, 2.05) is 12.1 Å². The summed E-state index contributed by atoms with van der Waals surface area (Å²) in [5.41, 5.74) is 2.32. The van der Waals surface area contributed by atoms with Crippen LogP contribution in [0.2, 0.25) is 0 Å². The maximum absolute atomic E-state index is 14.8. The van der Waals surface area contributed by atoms with Gasteiger partial charge in [0.15, 0.2) is 11.6 Å². The third-order valence-electron chi connectivity index (χ3n) is 7.32. The molecule has 1 saturated carbocycles. The van der Waals surface area contributed by atoms with Gasteiger partial charge in [-0.1, -0.05) is 75.4 Å². The standard InChI is InChI=1S/C31H42F2O/c1-3-5-7-8-9-11-23-34-29-22-21-28(30(32)31(29)33)27-19-17-26(18-20-27)25-15-13-24(14-16-25)12-10-6-4-2/h4,6,17-22,24-25H,3,5,7-16,23H2,1-2H3/b6-4+. The molecule has 0 amide bonds. The molecule has 186 valence electrons. The van der Waals surface area contributed by atoms with Crippen molar-refractivity contribution in [1.82, 2.24) is 0 Å². The van der Waals surface area contributed by atoms with Crippen LogP contribution in [0.1, 0.15) is 102 Å². The number of hydrogen-bond acceptors (Lipinski definition) is 1. The lowest BCUT2D eigenvalue weighted by Crippen LogP contribution is -2.13. The Morgan fingerprint density at radius 2 is 1.56 bits per heavy atom. The smallest absolute Gasteiger partial charge is 0.201 e. The molecule has 1 fully saturated rings. The number of allylic oxidation sites excluding steroid dienone is 2. The van der Waals surface area contributed by atoms with Gasteiger partial charge in [0.25, 0.3) is 0 Å². The minimum atomic E-state index is -0.885. The number of halogens is 2. The molecule has 0 bridgehead atoms. The molecule has 1 aliphatic carbocycles. The summed E-state index contributed by atoms with van der Waals surface area (Å²) in [4.78, 5) is 0. The molecule has 0 aliphatic heterocycles. The topological polar surface area (TPSA) is 9.23 Å². The summed E-state index contributed by atoms with van der Waals surface area (Å²) in [5, 5.41) is 0. The molecule has 0 unspecified atom stereocenters. The van der Waals surface area contributed by atoms with Crippen LogP contribution in [0.3, 0.4) is 0 Å². The zero-order valence-electron chi connectivity index (χ0n) is 21.1. The van der Waals surface area contributed by atoms with Crippen molar-refractivity contribution in [2.24, 2.45) is 5.92 Å². The van der Waals surface area contributed by atoms with Crippen molar-refractivity contribution in [3.8, 4) is 16.9 Å². The zero-order valence-corrected chi connectivity index (χ0v) is 21.1. The third kappa shape index (κ3) is 7.68. The highest BCUT2D eigenvalue weighted by Gasteiger charge is 2.22. The molecule has 0 N–H and O–H groups in total. The summed E-state index contributed by atoms with van der Waals surface area (Å²) in [7, 11) is 0. The van der Waals surface area contributed by atoms with Crippen molar-refractivity contribution >= 4 is 0 Å². The van der Waals surface area contributed by atoms with Crippen molar-refractivity contribution < 1.29 is 13.5 Å². The Morgan fingerprint density at radius 3 is 2.26 bits per heavy atom. The zero-order chi connectivity index (χ0) is 24.2. The Kier molecular flexibility index (Phi) is 11.1. The second-order valence-corrected chi connectivity index (χ2v) is 9.84. The van der Waals surface area contributed by atoms with Crippen LogP contribution in [0.15, 0.2) is 48.6 Å². The van der Waals surface area contributed by atoms with Crippen LogP contribution in [0.4, 0.5) is 8.78 Å². The van der Waals surface area contributed by atoms with Crippen LogP contribution in [-0.4, -0.2) is 6.61 Å². The Morgan fingerprint density at radius 1 is 0.853 bits per heavy atom. The summed E-state index contributed by atoms with van der Waals surface area (Å²) in [5.74, 6) is -0.284. The van der Waals surface area contributed by atoms with Crippen molar-refractivity contribution in [2.45, 2.75) is 96.8 Å². The van der Waals surface area contributed by atoms with Gasteiger partial charge in [-0.25, -0.2) is 4.39 Å². The highest BCUT2D eigenvalue weighted by Crippen LogP contribution is 2.38. The lowest BCUT2D eigenvalue weighted by atomic mass is 9.77. The number of benzene rings is 2. The SMILES string of the molecule is C/C=C/CCC1CCC(c2ccc(-c3ccc(OCCCCCCCC)c(F)c3F)cc2)CC1. The summed E-state index contributed by atoms with van der Waals surface area (Å²) in [6.45, 7) is 4.70. The van der Waals surface area contributed by atoms with E-state index in [-0.39, 0.29) is 5.75 Å². The van der Waals surface area contributed by atoms with Gasteiger partial charge in [0, 0.05) is 5.56 Å². The number of hydrogen-bond donors (Lipinski definition) is 0. The van der Waals surface area contributed by atoms with E-state index in [9.17, 15) is 8.78 Å². The summed E-state index contributed by atoms with van der Waals surface area (Å²) in [6, 6.07) is 11.3. The van der Waals surface area contributed by atoms with Gasteiger partial charge in [0.2, 0.25) is 5.82 Å². The van der Waals surface area contributed by atoms with Gasteiger partial charge < -0.3 is 4.74 Å². The van der Waals surface area contributed by atoms with E-state index in [1.54, 1.807) is 12.1 Å². The largest absolute Gasteiger partial charge is 0.490 e. The molecule has 2 aromatic rings. The summed E-state index contributed by atoms with van der Waals surface area (Å²) in [6.07, 6.45) is 18.7. The fourth-order valence-corrected chi connectivity index (χ4v) is 5.15. The molecular weight excluding hydrogens is 426 g/mol. The number of unbranched alkanes of at least 4 members (excludes halogenated alkanes) is 5. The predicted octanol–water partition coefficient (Wildman–Crippen LogP) is 10.0. The molecule has 3 heteroatoms. The van der Waals surface area contributed by atoms with E-state index in [0.717, 1.165) is 18.8 Å². The lowest BCUT2D eigenvalue weighted by molar-refractivity contribution is 0.285. The molecule has 2 aromatic carbocycles. The van der Waals surface area contributed by atoms with E-state index < -0.39 is 11.6 Å². The summed E-state index contributed by atoms with van der Waals surface area (Å²) < 4.78 is 35.0. The highest BCUT2D eigenvalue weighted by molar-refractivity contribution is 5.65. The lowest BCUT2D eigenvalue weighted by Gasteiger charge is -2.28. The average Bonchev–Trinajstić information content (AvgIpc) is 2.87. The number of rotatable bonds is 13. The fraction of sp³-hybridized carbons (Fsp3) is 0.548. The van der Waals surface area contributed by atoms with Gasteiger partial charge >= 0.3 is 0 Å². The van der Waals surface area contributed by atoms with Crippen LogP contribution in [0.5, 0.6) is 5.75 Å². The first kappa shape index (κ1) is 26.4. The van der Waals surface area contributed by atoms with Gasteiger partial charge in [0.1, 0.15) is 0 Å². The van der Waals surface area contributed by atoms with Gasteiger partial charge in [-0.2, -0.15) is 4.39 Å². The van der Waals surface area contributed by atoms with Crippen molar-refractivity contribution in [3.05, 3.63) is 65.7 Å². The summed E-state index contributed by atoms with van der Waals surface area (Å²) >= 11 is 0. The van der Waals surface area contributed by atoms with Gasteiger partial charge in [-0.15, -0.1) is 0 Å². The first-order valence-corrected chi connectivity index (χ1v) is 13.5. The maximum atomic E-state index is 14.8. The van der Waals surface area contributed by atoms with Crippen LogP contribution >= 0.6 is 0 Å². The minimum absolute atomic E-state index is 0.0117. The quantitative estimate of drug-likeness (QED) is 0.210. The van der Waals surface area contributed by atoms with Gasteiger partial charge in [0.05, 0.1) is 6.61 Å². The van der Waals surface area contributed by atoms with E-state index in [2.05, 4.69) is 38.1 Å². The van der Waals surface area contributed by atoms with E-state index >= 15 is 0 Å². The third-order valence-corrected chi connectivity index (χ3v) is 7.32. The molecular formula is C31H42F2O. The molecule has 0 radical (unpaired) electrons. The predicted molar refractivity (Wildman–Crippen MR) is 139 cm³/mol. The van der Waals surface area contributed by atoms with Crippen molar-refractivity contribution in [2.75, 3.05) is 6.61 Å². The van der Waals surface area contributed by atoms with E-state index in [4.69, 9.17) is 4.74 Å². The number of ether oxygens (including phenoxy) is 1. The van der Waals surface area contributed by atoms with Crippen LogP contribution in [0.25, 0.3) is 11.1 Å². The molecule has 1 aliphatic rings. The normalized spacial score (nSPS) is 18.5. The van der Waals surface area contributed by atoms with Gasteiger partial charge in [-0.05, 0) is 87.0 Å². The second-order valence-electron chi connectivity index (χ2n) is 9.84. The Labute approximate surface area is 205 Å². The van der Waals surface area contributed by atoms with Gasteiger partial charge in [-0.3, -0.25) is 0 Å². The minimum Gasteiger partial charge on any atom is -0.490 e. The average molecular weight is 469 g/mol. The highest BCUT2D eigenvalue weighted by atomic mass is 19.2. The van der Waals surface area contributed by atoms with Crippen LogP contribution in [0, 0.1) is 17.6 Å². The molecule has 1 nitrogen and oxygen atoms in total. The van der Waals surface area contributed by atoms with E-state index in [0.29, 0.717) is 23.7 Å². The Hall–Kier alpha value is -2.16. The molecule has 0 aromatic heterocycles. The van der Waals surface area contributed by atoms with Crippen LogP contribution in [-0.2, 0) is 0 Å². The molecule has 34 heavy (non-hydrogen) atoms. The molecule has 0 heterocycles. The molecule has 3 rings (SSSR count). The first-order valence-electron chi connectivity index (χ1n) is 13.5. The Bertz CT molecular complexity index is 879. The maximum Gasteiger partial charge on any atom is 0.201 e. The molecule has 0 atom stereocenters. The van der Waals surface area contributed by atoms with Crippen LogP contribution < -0.4 is 4.74 Å². The van der Waals surface area contributed by atoms with Crippen molar-refractivity contribution in [1.29, 1.82) is 0 Å². The molecule has 0 saturated heterocycles. The fourth-order valence-electron chi connectivity index (χ4n) is 5.15. The first-order chi connectivity index (χ1) is 16.6. The monoisotopic (exact) mass is 468 g/mol. The molecule has 0 spiro atoms. The Balaban J connectivity index is 1.52. The van der Waals surface area contributed by atoms with Crippen molar-refractivity contribution in [3.63, 3.8) is 0 Å².